The van der Waals surface area contributed by atoms with Crippen LogP contribution in [0.25, 0.3) is 22.2 Å². The van der Waals surface area contributed by atoms with Gasteiger partial charge in [0.25, 0.3) is 0 Å². The Morgan fingerprint density at radius 3 is 2.46 bits per heavy atom. The molecule has 2 heterocycles. The summed E-state index contributed by atoms with van der Waals surface area (Å²) in [6.45, 7) is 1.99. The number of nitrogens with zero attached hydrogens (tertiary/aromatic N) is 4. The summed E-state index contributed by atoms with van der Waals surface area (Å²) >= 11 is 0. The molecule has 5 rings (SSSR count). The number of anilines is 2. The van der Waals surface area contributed by atoms with Crippen LogP contribution in [0.15, 0.2) is 42.6 Å². The molecule has 0 saturated heterocycles. The molecule has 2 aromatic heterocycles. The zero-order valence-electron chi connectivity index (χ0n) is 22.9. The Balaban J connectivity index is 0.000000483. The predicted molar refractivity (Wildman–Crippen MR) is 150 cm³/mol. The zero-order chi connectivity index (χ0) is 29.7. The Morgan fingerprint density at radius 1 is 1.10 bits per heavy atom. The Bertz CT molecular complexity index is 1530. The minimum absolute atomic E-state index is 0.0950. The van der Waals surface area contributed by atoms with Crippen molar-refractivity contribution >= 4 is 28.6 Å². The average molecular weight is 572 g/mol. The van der Waals surface area contributed by atoms with Gasteiger partial charge in [-0.15, -0.1) is 0 Å². The van der Waals surface area contributed by atoms with Crippen molar-refractivity contribution < 1.29 is 22.4 Å². The van der Waals surface area contributed by atoms with Crippen molar-refractivity contribution in [3.8, 4) is 11.3 Å². The fraction of sp³-hybridized carbons (Fsp3) is 0.379. The molecule has 0 spiro atoms. The number of benzene rings is 2. The van der Waals surface area contributed by atoms with Gasteiger partial charge in [-0.25, -0.2) is 14.4 Å². The monoisotopic (exact) mass is 571 g/mol. The number of carbonyl (C=O) groups excluding carboxylic acids is 1. The van der Waals surface area contributed by atoms with Gasteiger partial charge in [-0.2, -0.15) is 18.3 Å². The van der Waals surface area contributed by atoms with Crippen LogP contribution in [-0.2, 0) is 30.9 Å². The minimum atomic E-state index is -4.71. The molecule has 2 aromatic carbocycles. The number of fused-ring (bicyclic) bond motifs is 1. The minimum Gasteiger partial charge on any atom is -0.368 e. The third-order valence-electron chi connectivity index (χ3n) is 6.90. The SMILES string of the molecule is CCc1cc(-c2cc(NC(=O)Cc3cc(F)cc(C(F)(F)F)c3)nn2C)cc2cnc(N)nc12.NC1CCCCC1. The van der Waals surface area contributed by atoms with Crippen molar-refractivity contribution in [2.45, 2.75) is 64.1 Å². The first-order valence-electron chi connectivity index (χ1n) is 13.4. The van der Waals surface area contributed by atoms with Crippen molar-refractivity contribution in [3.63, 3.8) is 0 Å². The molecule has 0 aliphatic heterocycles. The third kappa shape index (κ3) is 7.78. The van der Waals surface area contributed by atoms with Gasteiger partial charge in [0.15, 0.2) is 5.82 Å². The molecule has 1 saturated carbocycles. The molecule has 0 bridgehead atoms. The topological polar surface area (TPSA) is 125 Å². The van der Waals surface area contributed by atoms with Crippen molar-refractivity contribution in [2.24, 2.45) is 12.8 Å². The van der Waals surface area contributed by atoms with Crippen LogP contribution in [0.4, 0.5) is 29.3 Å². The van der Waals surface area contributed by atoms with Gasteiger partial charge in [-0.3, -0.25) is 9.48 Å². The van der Waals surface area contributed by atoms with E-state index in [9.17, 15) is 22.4 Å². The van der Waals surface area contributed by atoms with Gasteiger partial charge in [-0.05, 0) is 60.7 Å². The average Bonchev–Trinajstić information content (AvgIpc) is 3.27. The summed E-state index contributed by atoms with van der Waals surface area (Å²) in [5.41, 5.74) is 13.3. The Labute approximate surface area is 235 Å². The number of hydrogen-bond acceptors (Lipinski definition) is 6. The number of hydrogen-bond donors (Lipinski definition) is 3. The molecule has 1 amide bonds. The second-order valence-corrected chi connectivity index (χ2v) is 10.2. The third-order valence-corrected chi connectivity index (χ3v) is 6.90. The van der Waals surface area contributed by atoms with Crippen molar-refractivity contribution in [2.75, 3.05) is 11.1 Å². The molecule has 5 N–H and O–H groups in total. The van der Waals surface area contributed by atoms with Gasteiger partial charge in [0.1, 0.15) is 5.82 Å². The number of nitrogen functional groups attached to an aromatic ring is 1. The molecule has 0 radical (unpaired) electrons. The molecule has 218 valence electrons. The number of carbonyl (C=O) groups is 1. The summed E-state index contributed by atoms with van der Waals surface area (Å²) in [5.74, 6) is -1.30. The molecule has 41 heavy (non-hydrogen) atoms. The van der Waals surface area contributed by atoms with Gasteiger partial charge < -0.3 is 16.8 Å². The Morgan fingerprint density at radius 2 is 1.83 bits per heavy atom. The molecular formula is C29H33F4N7O. The van der Waals surface area contributed by atoms with E-state index in [1.807, 2.05) is 19.1 Å². The molecule has 4 aromatic rings. The number of rotatable bonds is 5. The number of nitrogens with two attached hydrogens (primary N) is 2. The number of aryl methyl sites for hydroxylation is 2. The summed E-state index contributed by atoms with van der Waals surface area (Å²) in [6, 6.07) is 8.04. The highest BCUT2D eigenvalue weighted by molar-refractivity contribution is 5.92. The van der Waals surface area contributed by atoms with E-state index in [-0.39, 0.29) is 17.3 Å². The fourth-order valence-corrected chi connectivity index (χ4v) is 4.87. The van der Waals surface area contributed by atoms with Crippen molar-refractivity contribution in [3.05, 3.63) is 65.1 Å². The van der Waals surface area contributed by atoms with E-state index in [2.05, 4.69) is 20.4 Å². The van der Waals surface area contributed by atoms with Crippen LogP contribution >= 0.6 is 0 Å². The van der Waals surface area contributed by atoms with E-state index in [1.165, 1.54) is 32.1 Å². The lowest BCUT2D eigenvalue weighted by molar-refractivity contribution is -0.137. The van der Waals surface area contributed by atoms with E-state index < -0.39 is 29.9 Å². The van der Waals surface area contributed by atoms with Crippen molar-refractivity contribution in [1.29, 1.82) is 0 Å². The summed E-state index contributed by atoms with van der Waals surface area (Å²) in [7, 11) is 1.70. The molecule has 0 unspecified atom stereocenters. The Kier molecular flexibility index (Phi) is 9.21. The van der Waals surface area contributed by atoms with Crippen LogP contribution in [-0.4, -0.2) is 31.7 Å². The lowest BCUT2D eigenvalue weighted by atomic mass is 9.97. The maximum atomic E-state index is 13.6. The van der Waals surface area contributed by atoms with Crippen LogP contribution in [0.2, 0.25) is 0 Å². The van der Waals surface area contributed by atoms with E-state index in [1.54, 1.807) is 24.0 Å². The maximum absolute atomic E-state index is 13.6. The quantitative estimate of drug-likeness (QED) is 0.261. The largest absolute Gasteiger partial charge is 0.416 e. The van der Waals surface area contributed by atoms with Crippen LogP contribution in [0.3, 0.4) is 0 Å². The normalized spacial score (nSPS) is 14.0. The molecule has 1 aliphatic rings. The number of alkyl halides is 3. The highest BCUT2D eigenvalue weighted by Crippen LogP contribution is 2.31. The van der Waals surface area contributed by atoms with Gasteiger partial charge in [0, 0.05) is 36.3 Å². The second kappa shape index (κ2) is 12.6. The van der Waals surface area contributed by atoms with E-state index in [0.717, 1.165) is 34.2 Å². The van der Waals surface area contributed by atoms with Gasteiger partial charge >= 0.3 is 6.18 Å². The molecule has 1 fully saturated rings. The summed E-state index contributed by atoms with van der Waals surface area (Å²) in [4.78, 5) is 20.8. The van der Waals surface area contributed by atoms with Crippen LogP contribution < -0.4 is 16.8 Å². The van der Waals surface area contributed by atoms with Crippen LogP contribution in [0.5, 0.6) is 0 Å². The van der Waals surface area contributed by atoms with E-state index in [0.29, 0.717) is 24.2 Å². The molecular weight excluding hydrogens is 538 g/mol. The van der Waals surface area contributed by atoms with Gasteiger partial charge in [-0.1, -0.05) is 26.2 Å². The summed E-state index contributed by atoms with van der Waals surface area (Å²) in [5, 5.41) is 7.62. The first-order chi connectivity index (χ1) is 19.4. The molecule has 12 heteroatoms. The zero-order valence-corrected chi connectivity index (χ0v) is 22.9. The number of halogens is 4. The first kappa shape index (κ1) is 29.9. The first-order valence-corrected chi connectivity index (χ1v) is 13.4. The standard InChI is InChI=1S/C23H20F4N6O.C6H13N/c1-3-13-7-14(8-15-11-29-22(28)31-21(13)15)18-10-19(32-33(18)2)30-20(34)6-12-4-16(23(25,26)27)9-17(24)5-12;7-6-4-2-1-3-5-6/h4-5,7-11H,3,6H2,1-2H3,(H2,28,29,31)(H,30,32,34);6H,1-5,7H2. The summed E-state index contributed by atoms with van der Waals surface area (Å²) < 4.78 is 53.9. The predicted octanol–water partition coefficient (Wildman–Crippen LogP) is 5.79. The smallest absolute Gasteiger partial charge is 0.368 e. The maximum Gasteiger partial charge on any atom is 0.416 e. The fourth-order valence-electron chi connectivity index (χ4n) is 4.87. The summed E-state index contributed by atoms with van der Waals surface area (Å²) in [6.07, 6.45) is 3.85. The van der Waals surface area contributed by atoms with Crippen LogP contribution in [0, 0.1) is 5.82 Å². The van der Waals surface area contributed by atoms with E-state index in [4.69, 9.17) is 11.5 Å². The lowest BCUT2D eigenvalue weighted by Crippen LogP contribution is -2.22. The molecule has 1 aliphatic carbocycles. The highest BCUT2D eigenvalue weighted by atomic mass is 19.4. The van der Waals surface area contributed by atoms with Crippen LogP contribution in [0.1, 0.15) is 55.7 Å². The molecule has 8 nitrogen and oxygen atoms in total. The number of aromatic nitrogens is 4. The van der Waals surface area contributed by atoms with Crippen molar-refractivity contribution in [1.82, 2.24) is 19.7 Å². The Hall–Kier alpha value is -4.06. The van der Waals surface area contributed by atoms with Gasteiger partial charge in [0.05, 0.1) is 23.2 Å². The number of amides is 1. The lowest BCUT2D eigenvalue weighted by Gasteiger charge is -2.15. The van der Waals surface area contributed by atoms with Gasteiger partial charge in [0.2, 0.25) is 11.9 Å². The molecule has 0 atom stereocenters. The second-order valence-electron chi connectivity index (χ2n) is 10.2. The number of nitrogens with one attached hydrogen (secondary N) is 1. The van der Waals surface area contributed by atoms with E-state index >= 15 is 0 Å². The highest BCUT2D eigenvalue weighted by Gasteiger charge is 2.31.